The number of hydrogen-bond acceptors (Lipinski definition) is 2. The lowest BCUT2D eigenvalue weighted by Gasteiger charge is -1.97. The fourth-order valence-corrected chi connectivity index (χ4v) is 2.14. The number of imidazole rings is 1. The summed E-state index contributed by atoms with van der Waals surface area (Å²) in [6.45, 7) is 0. The van der Waals surface area contributed by atoms with E-state index in [0.717, 1.165) is 21.6 Å². The summed E-state index contributed by atoms with van der Waals surface area (Å²) in [6, 6.07) is 7.88. The minimum atomic E-state index is -0.804. The third-order valence-electron chi connectivity index (χ3n) is 2.66. The molecule has 0 saturated carbocycles. The maximum Gasteiger partial charge on any atom is 0.303 e. The molecule has 0 aliphatic heterocycles. The number of carboxylic acid groups (broad SMARTS) is 1. The lowest BCUT2D eigenvalue weighted by atomic mass is 10.2. The average Bonchev–Trinajstić information content (AvgIpc) is 2.68. The van der Waals surface area contributed by atoms with E-state index in [9.17, 15) is 4.79 Å². The van der Waals surface area contributed by atoms with Crippen LogP contribution >= 0.6 is 15.9 Å². The summed E-state index contributed by atoms with van der Waals surface area (Å²) in [4.78, 5) is 15.0. The van der Waals surface area contributed by atoms with E-state index in [1.165, 1.54) is 0 Å². The third kappa shape index (κ3) is 2.98. The van der Waals surface area contributed by atoms with E-state index in [4.69, 9.17) is 5.11 Å². The zero-order chi connectivity index (χ0) is 13.1. The summed E-state index contributed by atoms with van der Waals surface area (Å²) in [5, 5.41) is 8.68. The van der Waals surface area contributed by atoms with Gasteiger partial charge in [-0.1, -0.05) is 28.1 Å². The Hall–Kier alpha value is -1.62. The Morgan fingerprint density at radius 3 is 2.94 bits per heavy atom. The topological polar surface area (TPSA) is 55.1 Å². The Balaban J connectivity index is 2.25. The molecule has 1 heterocycles. The smallest absolute Gasteiger partial charge is 0.303 e. The molecule has 2 aromatic rings. The molecule has 1 N–H and O–H groups in total. The minimum absolute atomic E-state index is 0.1000. The fourth-order valence-electron chi connectivity index (χ4n) is 1.74. The lowest BCUT2D eigenvalue weighted by molar-refractivity contribution is -0.137. The van der Waals surface area contributed by atoms with Gasteiger partial charge in [0.25, 0.3) is 0 Å². The number of aryl methyl sites for hydroxylation is 2. The first-order valence-electron chi connectivity index (χ1n) is 5.56. The molecular formula is C13H13BrN2O2. The second kappa shape index (κ2) is 5.35. The van der Waals surface area contributed by atoms with E-state index in [1.54, 1.807) is 0 Å². The SMILES string of the molecule is Cn1cc(-c2cccc(Br)c2)nc1CCC(=O)O. The van der Waals surface area contributed by atoms with E-state index in [1.807, 2.05) is 42.1 Å². The zero-order valence-corrected chi connectivity index (χ0v) is 11.5. The molecule has 0 fully saturated rings. The summed E-state index contributed by atoms with van der Waals surface area (Å²) in [7, 11) is 1.88. The number of halogens is 1. The van der Waals surface area contributed by atoms with Gasteiger partial charge in [-0.25, -0.2) is 4.98 Å². The van der Waals surface area contributed by atoms with Crippen LogP contribution in [-0.4, -0.2) is 20.6 Å². The van der Waals surface area contributed by atoms with Crippen molar-refractivity contribution >= 4 is 21.9 Å². The summed E-state index contributed by atoms with van der Waals surface area (Å²) in [5.41, 5.74) is 1.88. The predicted octanol–water partition coefficient (Wildman–Crippen LogP) is 2.87. The molecule has 0 atom stereocenters. The number of carbonyl (C=O) groups is 1. The number of rotatable bonds is 4. The third-order valence-corrected chi connectivity index (χ3v) is 3.15. The van der Waals surface area contributed by atoms with Gasteiger partial charge in [-0.05, 0) is 12.1 Å². The van der Waals surface area contributed by atoms with Crippen LogP contribution in [0, 0.1) is 0 Å². The van der Waals surface area contributed by atoms with Crippen LogP contribution in [-0.2, 0) is 18.3 Å². The number of aromatic nitrogens is 2. The van der Waals surface area contributed by atoms with Crippen molar-refractivity contribution in [3.63, 3.8) is 0 Å². The van der Waals surface area contributed by atoms with Crippen LogP contribution in [0.3, 0.4) is 0 Å². The number of benzene rings is 1. The van der Waals surface area contributed by atoms with Crippen molar-refractivity contribution in [1.29, 1.82) is 0 Å². The summed E-state index contributed by atoms with van der Waals surface area (Å²) >= 11 is 3.42. The molecule has 18 heavy (non-hydrogen) atoms. The van der Waals surface area contributed by atoms with Crippen molar-refractivity contribution in [3.8, 4) is 11.3 Å². The maximum atomic E-state index is 10.6. The molecular weight excluding hydrogens is 296 g/mol. The van der Waals surface area contributed by atoms with Crippen LogP contribution in [0.15, 0.2) is 34.9 Å². The normalized spacial score (nSPS) is 10.6. The molecule has 5 heteroatoms. The molecule has 4 nitrogen and oxygen atoms in total. The Labute approximate surface area is 113 Å². The van der Waals surface area contributed by atoms with Gasteiger partial charge in [-0.3, -0.25) is 4.79 Å². The Morgan fingerprint density at radius 2 is 2.28 bits per heavy atom. The summed E-state index contributed by atoms with van der Waals surface area (Å²) in [5.74, 6) is -0.0191. The van der Waals surface area contributed by atoms with Crippen LogP contribution in [0.25, 0.3) is 11.3 Å². The summed E-state index contributed by atoms with van der Waals surface area (Å²) < 4.78 is 2.87. The second-order valence-corrected chi connectivity index (χ2v) is 4.97. The van der Waals surface area contributed by atoms with E-state index < -0.39 is 5.97 Å². The number of nitrogens with zero attached hydrogens (tertiary/aromatic N) is 2. The van der Waals surface area contributed by atoms with E-state index in [2.05, 4.69) is 20.9 Å². The average molecular weight is 309 g/mol. The molecule has 1 aromatic carbocycles. The zero-order valence-electron chi connectivity index (χ0n) is 9.93. The highest BCUT2D eigenvalue weighted by Gasteiger charge is 2.09. The number of carboxylic acids is 1. The van der Waals surface area contributed by atoms with E-state index in [0.29, 0.717) is 6.42 Å². The minimum Gasteiger partial charge on any atom is -0.481 e. The maximum absolute atomic E-state index is 10.6. The highest BCUT2D eigenvalue weighted by molar-refractivity contribution is 9.10. The van der Waals surface area contributed by atoms with E-state index in [-0.39, 0.29) is 6.42 Å². The van der Waals surface area contributed by atoms with Gasteiger partial charge in [0.2, 0.25) is 0 Å². The molecule has 0 spiro atoms. The molecule has 0 aliphatic rings. The Morgan fingerprint density at radius 1 is 1.50 bits per heavy atom. The molecule has 0 amide bonds. The van der Waals surface area contributed by atoms with Crippen molar-refractivity contribution in [2.75, 3.05) is 0 Å². The first-order valence-corrected chi connectivity index (χ1v) is 6.35. The molecule has 0 aliphatic carbocycles. The Bertz CT molecular complexity index is 578. The highest BCUT2D eigenvalue weighted by Crippen LogP contribution is 2.22. The van der Waals surface area contributed by atoms with Crippen LogP contribution in [0.2, 0.25) is 0 Å². The van der Waals surface area contributed by atoms with Crippen molar-refractivity contribution in [2.24, 2.45) is 7.05 Å². The van der Waals surface area contributed by atoms with Gasteiger partial charge < -0.3 is 9.67 Å². The van der Waals surface area contributed by atoms with Crippen LogP contribution in [0.5, 0.6) is 0 Å². The molecule has 0 radical (unpaired) electrons. The van der Waals surface area contributed by atoms with E-state index >= 15 is 0 Å². The first-order chi connectivity index (χ1) is 8.56. The van der Waals surface area contributed by atoms with Crippen molar-refractivity contribution in [1.82, 2.24) is 9.55 Å². The van der Waals surface area contributed by atoms with Crippen molar-refractivity contribution in [2.45, 2.75) is 12.8 Å². The van der Waals surface area contributed by atoms with Crippen molar-refractivity contribution in [3.05, 3.63) is 40.8 Å². The number of aliphatic carboxylic acids is 1. The Kier molecular flexibility index (Phi) is 3.81. The molecule has 0 bridgehead atoms. The second-order valence-electron chi connectivity index (χ2n) is 4.06. The van der Waals surface area contributed by atoms with Crippen molar-refractivity contribution < 1.29 is 9.90 Å². The largest absolute Gasteiger partial charge is 0.481 e. The van der Waals surface area contributed by atoms with Crippen LogP contribution in [0.4, 0.5) is 0 Å². The number of hydrogen-bond donors (Lipinski definition) is 1. The van der Waals surface area contributed by atoms with Gasteiger partial charge in [-0.2, -0.15) is 0 Å². The molecule has 0 saturated heterocycles. The molecule has 0 unspecified atom stereocenters. The summed E-state index contributed by atoms with van der Waals surface area (Å²) in [6.07, 6.45) is 2.46. The first kappa shape index (κ1) is 12.8. The molecule has 94 valence electrons. The van der Waals surface area contributed by atoms with Crippen LogP contribution < -0.4 is 0 Å². The quantitative estimate of drug-likeness (QED) is 0.945. The van der Waals surface area contributed by atoms with Gasteiger partial charge in [0.15, 0.2) is 0 Å². The molecule has 2 rings (SSSR count). The monoisotopic (exact) mass is 308 g/mol. The van der Waals surface area contributed by atoms with Gasteiger partial charge in [0, 0.05) is 29.7 Å². The fraction of sp³-hybridized carbons (Fsp3) is 0.231. The highest BCUT2D eigenvalue weighted by atomic mass is 79.9. The lowest BCUT2D eigenvalue weighted by Crippen LogP contribution is -2.02. The van der Waals surface area contributed by atoms with Gasteiger partial charge in [0.1, 0.15) is 5.82 Å². The van der Waals surface area contributed by atoms with Gasteiger partial charge in [0.05, 0.1) is 12.1 Å². The van der Waals surface area contributed by atoms with Gasteiger partial charge in [-0.15, -0.1) is 0 Å². The van der Waals surface area contributed by atoms with Gasteiger partial charge >= 0.3 is 5.97 Å². The standard InChI is InChI=1S/C13H13BrN2O2/c1-16-8-11(9-3-2-4-10(14)7-9)15-12(16)5-6-13(17)18/h2-4,7-8H,5-6H2,1H3,(H,17,18). The van der Waals surface area contributed by atoms with Crippen LogP contribution in [0.1, 0.15) is 12.2 Å². The predicted molar refractivity (Wildman–Crippen MR) is 72.3 cm³/mol. The molecule has 1 aromatic heterocycles.